The molecule has 0 amide bonds. The second-order valence-corrected chi connectivity index (χ2v) is 45.2. The van der Waals surface area contributed by atoms with E-state index in [0.29, 0.717) is 55.1 Å². The van der Waals surface area contributed by atoms with Crippen molar-refractivity contribution in [3.05, 3.63) is 117 Å². The molecule has 1 aromatic carbocycles. The van der Waals surface area contributed by atoms with E-state index in [0.717, 1.165) is 18.4 Å². The smallest absolute Gasteiger partial charge is 0.358 e. The Hall–Kier alpha value is -1.37. The molecule has 2 saturated carbocycles. The van der Waals surface area contributed by atoms with Crippen LogP contribution in [0.15, 0.2) is 84.2 Å². The molecule has 0 spiro atoms. The minimum atomic E-state index is -0.110. The number of hydrogen-bond acceptors (Lipinski definition) is 6. The number of rotatable bonds is 13. The Morgan fingerprint density at radius 2 is 0.809 bits per heavy atom. The van der Waals surface area contributed by atoms with Crippen molar-refractivity contribution < 1.29 is 41.1 Å². The maximum atomic E-state index is 10.7. The van der Waals surface area contributed by atoms with Crippen molar-refractivity contribution >= 4 is 48.5 Å². The Balaban J connectivity index is -0.000000241. The summed E-state index contributed by atoms with van der Waals surface area (Å²) in [5.41, 5.74) is 10.6. The van der Waals surface area contributed by atoms with Gasteiger partial charge in [0.25, 0.3) is 0 Å². The van der Waals surface area contributed by atoms with Gasteiger partial charge >= 0.3 is 34.3 Å². The molecule has 2 heterocycles. The summed E-state index contributed by atoms with van der Waals surface area (Å²) in [6.07, 6.45) is 18.3. The van der Waals surface area contributed by atoms with Gasteiger partial charge < -0.3 is 29.4 Å². The molecule has 0 saturated heterocycles. The predicted octanol–water partition coefficient (Wildman–Crippen LogP) is 23.4. The number of hydrogen-bond donors (Lipinski definition) is 1. The zero-order valence-corrected chi connectivity index (χ0v) is 68.9. The van der Waals surface area contributed by atoms with Gasteiger partial charge in [0.1, 0.15) is 0 Å². The van der Waals surface area contributed by atoms with Crippen LogP contribution in [0.1, 0.15) is 270 Å². The summed E-state index contributed by atoms with van der Waals surface area (Å²) in [4.78, 5) is 19.9. The first kappa shape index (κ1) is 98.7. The molecule has 2 fully saturated rings. The zero-order chi connectivity index (χ0) is 67.8. The molecular formula is C77H142FeN2O5P4. The molecule has 12 heteroatoms. The van der Waals surface area contributed by atoms with Gasteiger partial charge in [0.2, 0.25) is 0 Å². The molecule has 0 radical (unpaired) electrons. The molecule has 0 bridgehead atoms. The van der Waals surface area contributed by atoms with E-state index in [2.05, 4.69) is 271 Å². The summed E-state index contributed by atoms with van der Waals surface area (Å²) in [7, 11) is 3.74. The molecule has 89 heavy (non-hydrogen) atoms. The molecule has 3 unspecified atom stereocenters. The van der Waals surface area contributed by atoms with Gasteiger partial charge in [-0.25, -0.2) is 0 Å². The first-order valence-electron chi connectivity index (χ1n) is 32.2. The van der Waals surface area contributed by atoms with Crippen molar-refractivity contribution in [1.82, 2.24) is 9.97 Å². The van der Waals surface area contributed by atoms with E-state index in [9.17, 15) is 4.79 Å². The number of aliphatic hydroxyl groups is 1. The Morgan fingerprint density at radius 3 is 0.989 bits per heavy atom. The molecule has 7 nitrogen and oxygen atoms in total. The zero-order valence-electron chi connectivity index (χ0n) is 64.2. The van der Waals surface area contributed by atoms with Crippen LogP contribution in [-0.4, -0.2) is 90.2 Å². The van der Waals surface area contributed by atoms with Gasteiger partial charge in [0, 0.05) is 33.0 Å². The van der Waals surface area contributed by atoms with Crippen LogP contribution in [0.25, 0.3) is 0 Å². The third-order valence-corrected chi connectivity index (χ3v) is 31.1. The summed E-state index contributed by atoms with van der Waals surface area (Å²) in [6, 6.07) is 22.1. The van der Waals surface area contributed by atoms with Gasteiger partial charge in [-0.15, -0.1) is 0 Å². The second kappa shape index (κ2) is 47.5. The summed E-state index contributed by atoms with van der Waals surface area (Å²) < 4.78 is 17.2. The summed E-state index contributed by atoms with van der Waals surface area (Å²) in [5.74, 6) is 1.46. The quantitative estimate of drug-likeness (QED) is 0.0457. The van der Waals surface area contributed by atoms with Gasteiger partial charge in [-0.2, -0.15) is 0 Å². The average Bonchev–Trinajstić information content (AvgIpc) is 4.15. The Kier molecular flexibility index (Phi) is 52.7. The Labute approximate surface area is 570 Å². The number of aromatic nitrogens is 2. The first-order valence-corrected chi connectivity index (χ1v) is 38.1. The molecule has 2 aliphatic carbocycles. The number of carbonyl (C=O) groups is 1. The van der Waals surface area contributed by atoms with Crippen LogP contribution in [-0.2, 0) is 48.3 Å². The Morgan fingerprint density at radius 1 is 0.528 bits per heavy atom. The molecular weight excluding hydrogens is 1210 g/mol. The van der Waals surface area contributed by atoms with Gasteiger partial charge in [-0.3, -0.25) is 14.8 Å². The van der Waals surface area contributed by atoms with E-state index in [1.807, 2.05) is 24.5 Å². The van der Waals surface area contributed by atoms with Crippen molar-refractivity contribution in [1.29, 1.82) is 0 Å². The van der Waals surface area contributed by atoms with E-state index in [1.54, 1.807) is 18.2 Å². The largest absolute Gasteiger partial charge is 2.00 e. The normalized spacial score (nSPS) is 14.6. The minimum absolute atomic E-state index is 0. The van der Waals surface area contributed by atoms with Crippen molar-refractivity contribution in [2.45, 2.75) is 319 Å². The number of nitrogens with zero attached hydrogens (tertiary/aromatic N) is 2. The van der Waals surface area contributed by atoms with Crippen LogP contribution in [0.2, 0.25) is 0 Å². The maximum absolute atomic E-state index is 10.7. The number of carbonyl (C=O) groups excluding carboxylic acids is 1. The average molecular weight is 1360 g/mol. The maximum Gasteiger partial charge on any atom is 2.00 e. The number of methoxy groups -OCH3 is 2. The molecule has 0 aliphatic heterocycles. The van der Waals surface area contributed by atoms with Crippen molar-refractivity contribution in [2.24, 2.45) is 17.8 Å². The van der Waals surface area contributed by atoms with Gasteiger partial charge in [0.05, 0.1) is 23.6 Å². The Bertz CT molecular complexity index is 2100. The molecule has 1 N–H and O–H groups in total. The van der Waals surface area contributed by atoms with E-state index in [1.165, 1.54) is 92.8 Å². The predicted molar refractivity (Wildman–Crippen MR) is 403 cm³/mol. The van der Waals surface area contributed by atoms with E-state index < -0.39 is 0 Å². The fraction of sp³-hybridized carbons (Fsp3) is 0.714. The fourth-order valence-corrected chi connectivity index (χ4v) is 24.6. The van der Waals surface area contributed by atoms with Crippen LogP contribution in [0.5, 0.6) is 0 Å². The van der Waals surface area contributed by atoms with Gasteiger partial charge in [-0.1, -0.05) is 248 Å². The van der Waals surface area contributed by atoms with E-state index >= 15 is 0 Å². The summed E-state index contributed by atoms with van der Waals surface area (Å²) in [5, 5.41) is 9.27. The summed E-state index contributed by atoms with van der Waals surface area (Å²) in [6.45, 7) is 71.2. The molecule has 2 aliphatic rings. The van der Waals surface area contributed by atoms with Crippen molar-refractivity contribution in [2.75, 3.05) is 21.3 Å². The van der Waals surface area contributed by atoms with Crippen LogP contribution >= 0.6 is 31.7 Å². The third kappa shape index (κ3) is 41.3. The fourth-order valence-electron chi connectivity index (χ4n) is 10.5. The standard InChI is InChI=1S/C24H44P2.2C14H22NP.C8H16O2.C7H16O.C6H12.CH4O.CO.2CH3.Fe/c1-21(2,3)25(22(4,5)6)17-19-15-13-14-16-20(19)18-26(23(7,8)9)24(10,11)12;2*1-14(2,3)16(12-8-4-5-9-12)13-10-6-7-11-15-13;1-6(2)7(3)5-8(9)10-4;1-6(2)7(3,4)8-5;1-5(2)6(3)4;2*1-2;;;/h13-16H,17-18H2,1-12H3;2*6-7,10-12H,4-5,8-9H2,1-3H3;6-7H,5H2,1-4H3;6H,1-5H3;1-4H3;2H,1H3;;2*1H3;/q;;;;;;;;2*-1;+2. The third-order valence-electron chi connectivity index (χ3n) is 16.4. The number of pyridine rings is 2. The minimum Gasteiger partial charge on any atom is -0.358 e. The molecule has 2 aromatic heterocycles. The number of ether oxygens (including phenoxy) is 2. The molecule has 5 rings (SSSR count). The van der Waals surface area contributed by atoms with Crippen molar-refractivity contribution in [3.63, 3.8) is 0 Å². The number of esters is 1. The monoisotopic (exact) mass is 1350 g/mol. The number of aliphatic hydroxyl groups excluding tert-OH is 1. The van der Waals surface area contributed by atoms with E-state index in [-0.39, 0.29) is 75.2 Å². The molecule has 518 valence electrons. The second-order valence-electron chi connectivity index (χ2n) is 30.9. The molecule has 3 atom stereocenters. The summed E-state index contributed by atoms with van der Waals surface area (Å²) >= 11 is 0. The van der Waals surface area contributed by atoms with Crippen LogP contribution in [0.3, 0.4) is 0 Å². The number of allylic oxidation sites excluding steroid dienone is 2. The van der Waals surface area contributed by atoms with E-state index in [4.69, 9.17) is 14.5 Å². The van der Waals surface area contributed by atoms with Crippen LogP contribution in [0.4, 0.5) is 0 Å². The topological polar surface area (TPSA) is 101 Å². The van der Waals surface area contributed by atoms with Gasteiger partial charge in [-0.05, 0) is 191 Å². The van der Waals surface area contributed by atoms with Crippen LogP contribution < -0.4 is 10.9 Å². The molecule has 3 aromatic rings. The first-order chi connectivity index (χ1) is 39.3. The van der Waals surface area contributed by atoms with Gasteiger partial charge in [0.15, 0.2) is 0 Å². The number of benzene rings is 1. The van der Waals surface area contributed by atoms with Crippen molar-refractivity contribution in [3.8, 4) is 0 Å². The van der Waals surface area contributed by atoms with Crippen LogP contribution in [0, 0.1) is 39.3 Å². The SMILES string of the molecule is CC(C)(C)P(Cc1ccccc1CP(C(C)(C)C)C(C)(C)C)C(C)(C)C.CC(C)(C)P(c1ccccn1)C1CCCC1.CC(C)(C)P(c1ccccn1)C1CCCC1.CC(C)=C(C)C.CO.COC(=O)CC(C)C(C)C.COC(C)(C)C(C)C.[C-]#[O+].[CH3-].[CH3-].[Fe+2].